The van der Waals surface area contributed by atoms with Crippen molar-refractivity contribution in [2.75, 3.05) is 47.5 Å². The maximum atomic E-state index is 12.7. The van der Waals surface area contributed by atoms with Gasteiger partial charge in [0, 0.05) is 12.8 Å². The lowest BCUT2D eigenvalue weighted by atomic mass is 10.0. The molecule has 0 aromatic carbocycles. The van der Waals surface area contributed by atoms with E-state index in [2.05, 4.69) is 74.6 Å². The Morgan fingerprint density at radius 3 is 1.59 bits per heavy atom. The van der Waals surface area contributed by atoms with Crippen LogP contribution in [0.3, 0.4) is 0 Å². The Kier molecular flexibility index (Phi) is 40.3. The molecule has 4 atom stereocenters. The average molecular weight is 908 g/mol. The second-order valence-corrected chi connectivity index (χ2v) is 18.8. The standard InChI is InChI=1S/C51H90NO10P/c1-6-8-10-12-14-16-18-20-21-22-23-24-25-26-27-29-31-33-35-37-41-50(55)59-45-47(46-61-63(57,58)60-44-43-52(3,4)5)62-51(56)42-38-40-49(54)48(53)39-36-34-32-30-28-19-17-15-13-11-9-7-2/h15-18,21-22,24-25,28,30,34,36,47-49,53-54H,6-14,19-20,23,26-27,29,31-33,35,37-46H2,1-5H3/b17-15-,18-16-,22-21-,25-24-,30-28-,36-34-/t47-,48?,49?/m1/s1. The number of aliphatic hydroxyl groups is 2. The van der Waals surface area contributed by atoms with Crippen LogP contribution in [0.5, 0.6) is 0 Å². The zero-order chi connectivity index (χ0) is 46.7. The van der Waals surface area contributed by atoms with Crippen molar-refractivity contribution in [3.05, 3.63) is 72.9 Å². The Hall–Kier alpha value is -2.63. The summed E-state index contributed by atoms with van der Waals surface area (Å²) in [4.78, 5) is 37.7. The van der Waals surface area contributed by atoms with E-state index in [-0.39, 0.29) is 45.3 Å². The summed E-state index contributed by atoms with van der Waals surface area (Å²) in [5.41, 5.74) is 0. The highest BCUT2D eigenvalue weighted by molar-refractivity contribution is 7.45. The van der Waals surface area contributed by atoms with Crippen molar-refractivity contribution < 1.29 is 52.3 Å². The van der Waals surface area contributed by atoms with Gasteiger partial charge in [0.05, 0.1) is 40.0 Å². The highest BCUT2D eigenvalue weighted by Crippen LogP contribution is 2.38. The van der Waals surface area contributed by atoms with Gasteiger partial charge in [-0.3, -0.25) is 14.2 Å². The smallest absolute Gasteiger partial charge is 0.306 e. The lowest BCUT2D eigenvalue weighted by Gasteiger charge is -2.28. The van der Waals surface area contributed by atoms with E-state index < -0.39 is 44.7 Å². The van der Waals surface area contributed by atoms with Gasteiger partial charge < -0.3 is 38.1 Å². The molecule has 63 heavy (non-hydrogen) atoms. The molecule has 0 fully saturated rings. The molecule has 0 radical (unpaired) electrons. The molecule has 11 nitrogen and oxygen atoms in total. The third-order valence-corrected chi connectivity index (χ3v) is 11.1. The largest absolute Gasteiger partial charge is 0.756 e. The molecular formula is C51H90NO10P. The second kappa shape index (κ2) is 42.0. The first-order valence-corrected chi connectivity index (χ1v) is 25.8. The van der Waals surface area contributed by atoms with Gasteiger partial charge in [0.15, 0.2) is 6.10 Å². The Labute approximate surface area is 384 Å². The van der Waals surface area contributed by atoms with Gasteiger partial charge in [-0.05, 0) is 89.9 Å². The van der Waals surface area contributed by atoms with Crippen molar-refractivity contribution in [3.63, 3.8) is 0 Å². The molecule has 2 N–H and O–H groups in total. The van der Waals surface area contributed by atoms with Gasteiger partial charge in [-0.1, -0.05) is 145 Å². The number of esters is 2. The first-order chi connectivity index (χ1) is 30.3. The van der Waals surface area contributed by atoms with E-state index in [1.165, 1.54) is 51.4 Å². The van der Waals surface area contributed by atoms with Crippen molar-refractivity contribution in [3.8, 4) is 0 Å². The van der Waals surface area contributed by atoms with Gasteiger partial charge in [-0.15, -0.1) is 0 Å². The average Bonchev–Trinajstić information content (AvgIpc) is 3.23. The summed E-state index contributed by atoms with van der Waals surface area (Å²) in [6.45, 7) is 3.82. The Balaban J connectivity index is 4.56. The van der Waals surface area contributed by atoms with Crippen LogP contribution >= 0.6 is 7.82 Å². The van der Waals surface area contributed by atoms with Crippen LogP contribution in [-0.2, 0) is 32.7 Å². The van der Waals surface area contributed by atoms with E-state index in [4.69, 9.17) is 18.5 Å². The normalized spacial score (nSPS) is 15.1. The number of rotatable bonds is 43. The number of allylic oxidation sites excluding steroid dienone is 11. The molecule has 0 spiro atoms. The predicted molar refractivity (Wildman–Crippen MR) is 257 cm³/mol. The van der Waals surface area contributed by atoms with Crippen LogP contribution in [0.4, 0.5) is 0 Å². The fourth-order valence-corrected chi connectivity index (χ4v) is 6.90. The lowest BCUT2D eigenvalue weighted by molar-refractivity contribution is -0.870. The predicted octanol–water partition coefficient (Wildman–Crippen LogP) is 11.5. The monoisotopic (exact) mass is 908 g/mol. The first kappa shape index (κ1) is 60.4. The number of quaternary nitrogens is 1. The molecular weight excluding hydrogens is 818 g/mol. The molecule has 3 unspecified atom stereocenters. The molecule has 0 bridgehead atoms. The van der Waals surface area contributed by atoms with Gasteiger partial charge in [-0.25, -0.2) is 0 Å². The van der Waals surface area contributed by atoms with Gasteiger partial charge in [-0.2, -0.15) is 0 Å². The molecule has 0 heterocycles. The molecule has 0 aromatic heterocycles. The molecule has 0 aliphatic heterocycles. The Bertz CT molecular complexity index is 1340. The van der Waals surface area contributed by atoms with Crippen molar-refractivity contribution in [2.45, 2.75) is 193 Å². The Morgan fingerprint density at radius 1 is 0.571 bits per heavy atom. The number of ether oxygens (including phenoxy) is 2. The molecule has 0 aromatic rings. The number of aliphatic hydroxyl groups excluding tert-OH is 2. The topological polar surface area (TPSA) is 152 Å². The van der Waals surface area contributed by atoms with Crippen LogP contribution < -0.4 is 4.89 Å². The molecule has 0 aliphatic carbocycles. The highest BCUT2D eigenvalue weighted by atomic mass is 31.2. The molecule has 0 amide bonds. The molecule has 0 rings (SSSR count). The van der Waals surface area contributed by atoms with Gasteiger partial charge in [0.1, 0.15) is 19.8 Å². The number of likely N-dealkylation sites (N-methyl/N-ethyl adjacent to an activating group) is 1. The summed E-state index contributed by atoms with van der Waals surface area (Å²) in [5, 5.41) is 20.8. The molecule has 0 saturated carbocycles. The number of unbranched alkanes of at least 4 members (excludes halogenated alkanes) is 13. The van der Waals surface area contributed by atoms with Crippen LogP contribution in [-0.4, -0.2) is 92.5 Å². The number of carbonyl (C=O) groups is 2. The second-order valence-electron chi connectivity index (χ2n) is 17.4. The van der Waals surface area contributed by atoms with E-state index >= 15 is 0 Å². The zero-order valence-corrected chi connectivity index (χ0v) is 41.1. The highest BCUT2D eigenvalue weighted by Gasteiger charge is 2.22. The van der Waals surface area contributed by atoms with Crippen molar-refractivity contribution >= 4 is 19.8 Å². The van der Waals surface area contributed by atoms with Crippen LogP contribution in [0.25, 0.3) is 0 Å². The van der Waals surface area contributed by atoms with Gasteiger partial charge >= 0.3 is 11.9 Å². The fraction of sp³-hybridized carbons (Fsp3) is 0.725. The molecule has 0 aliphatic rings. The summed E-state index contributed by atoms with van der Waals surface area (Å²) in [7, 11) is 0.971. The van der Waals surface area contributed by atoms with Crippen LogP contribution in [0.15, 0.2) is 72.9 Å². The van der Waals surface area contributed by atoms with E-state index in [1.54, 1.807) is 0 Å². The maximum absolute atomic E-state index is 12.7. The quantitative estimate of drug-likeness (QED) is 0.0199. The summed E-state index contributed by atoms with van der Waals surface area (Å²) in [5.74, 6) is -1.14. The number of phosphoric acid groups is 1. The van der Waals surface area contributed by atoms with E-state index in [1.807, 2.05) is 33.3 Å². The Morgan fingerprint density at radius 2 is 1.03 bits per heavy atom. The van der Waals surface area contributed by atoms with Gasteiger partial charge in [0.2, 0.25) is 0 Å². The van der Waals surface area contributed by atoms with Crippen LogP contribution in [0.2, 0.25) is 0 Å². The molecule has 364 valence electrons. The number of hydrogen-bond acceptors (Lipinski definition) is 10. The van der Waals surface area contributed by atoms with Gasteiger partial charge in [0.25, 0.3) is 7.82 Å². The van der Waals surface area contributed by atoms with Crippen molar-refractivity contribution in [2.24, 2.45) is 0 Å². The minimum absolute atomic E-state index is 0.0888. The third kappa shape index (κ3) is 44.4. The van der Waals surface area contributed by atoms with E-state index in [0.717, 1.165) is 70.6 Å². The molecule has 12 heteroatoms. The fourth-order valence-electron chi connectivity index (χ4n) is 6.18. The maximum Gasteiger partial charge on any atom is 0.306 e. The summed E-state index contributed by atoms with van der Waals surface area (Å²) >= 11 is 0. The number of hydrogen-bond donors (Lipinski definition) is 2. The van der Waals surface area contributed by atoms with Crippen LogP contribution in [0.1, 0.15) is 174 Å². The number of carbonyl (C=O) groups excluding carboxylic acids is 2. The van der Waals surface area contributed by atoms with Crippen molar-refractivity contribution in [1.82, 2.24) is 0 Å². The lowest BCUT2D eigenvalue weighted by Crippen LogP contribution is -2.37. The summed E-state index contributed by atoms with van der Waals surface area (Å²) < 4.78 is 33.7. The minimum Gasteiger partial charge on any atom is -0.756 e. The number of nitrogens with zero attached hydrogens (tertiary/aromatic N) is 1. The summed E-state index contributed by atoms with van der Waals surface area (Å²) in [6.07, 6.45) is 45.2. The van der Waals surface area contributed by atoms with Crippen LogP contribution in [0, 0.1) is 0 Å². The third-order valence-electron chi connectivity index (χ3n) is 10.1. The zero-order valence-electron chi connectivity index (χ0n) is 40.2. The minimum atomic E-state index is -4.72. The van der Waals surface area contributed by atoms with Crippen molar-refractivity contribution in [1.29, 1.82) is 0 Å². The van der Waals surface area contributed by atoms with E-state index in [9.17, 15) is 29.3 Å². The van der Waals surface area contributed by atoms with E-state index in [0.29, 0.717) is 17.4 Å². The SMILES string of the molecule is CCCCC/C=C\C/C=C\C/C=C\CC(O)C(O)CCCC(=O)O[C@H](COC(=O)CCCCCCCC/C=C\C/C=C\C/C=C\CCCCCC)COP(=O)([O-])OCC[N+](C)(C)C. The first-order valence-electron chi connectivity index (χ1n) is 24.3. The summed E-state index contributed by atoms with van der Waals surface area (Å²) in [6, 6.07) is 0. The molecule has 0 saturated heterocycles. The number of phosphoric ester groups is 1.